The Labute approximate surface area is 251 Å². The van der Waals surface area contributed by atoms with Gasteiger partial charge in [0.1, 0.15) is 30.5 Å². The Hall–Kier alpha value is -4.91. The van der Waals surface area contributed by atoms with Crippen LogP contribution in [0.25, 0.3) is 10.9 Å². The molecule has 5 aromatic rings. The summed E-state index contributed by atoms with van der Waals surface area (Å²) in [6.45, 7) is 0.661. The van der Waals surface area contributed by atoms with Crippen molar-refractivity contribution in [1.29, 1.82) is 0 Å². The number of hydrogen-bond donors (Lipinski definition) is 0. The van der Waals surface area contributed by atoms with Crippen LogP contribution in [0.3, 0.4) is 0 Å². The molecule has 0 N–H and O–H groups in total. The van der Waals surface area contributed by atoms with E-state index in [0.29, 0.717) is 42.6 Å². The van der Waals surface area contributed by atoms with Gasteiger partial charge in [0.2, 0.25) is 0 Å². The molecule has 1 aliphatic rings. The summed E-state index contributed by atoms with van der Waals surface area (Å²) in [5, 5.41) is 0.618. The van der Waals surface area contributed by atoms with Crippen LogP contribution in [0.2, 0.25) is 0 Å². The monoisotopic (exact) mass is 577 g/mol. The highest BCUT2D eigenvalue weighted by Gasteiger charge is 2.28. The summed E-state index contributed by atoms with van der Waals surface area (Å²) in [5.74, 6) is 3.49. The standard InChI is InChI=1S/C36H35NO6/c1-39-29-12-4-24(5-13-29)18-28-19-34(38)32-20-35(42-22-25-6-14-30(40-2)15-7-25)36(21-33(32)37(28)27-10-11-27)43-23-26-8-16-31(41-3)17-9-26/h4-9,12-17,19-21,27H,10-11,18,22-23H2,1-3H3. The predicted molar refractivity (Wildman–Crippen MR) is 167 cm³/mol. The van der Waals surface area contributed by atoms with Gasteiger partial charge in [-0.3, -0.25) is 4.79 Å². The van der Waals surface area contributed by atoms with E-state index >= 15 is 0 Å². The summed E-state index contributed by atoms with van der Waals surface area (Å²) in [7, 11) is 4.95. The number of aromatic nitrogens is 1. The molecule has 6 rings (SSSR count). The second-order valence-corrected chi connectivity index (χ2v) is 10.7. The van der Waals surface area contributed by atoms with Gasteiger partial charge >= 0.3 is 0 Å². The van der Waals surface area contributed by atoms with E-state index in [0.717, 1.165) is 58.0 Å². The molecule has 0 saturated heterocycles. The zero-order chi connectivity index (χ0) is 29.8. The lowest BCUT2D eigenvalue weighted by Crippen LogP contribution is -2.15. The van der Waals surface area contributed by atoms with E-state index in [1.165, 1.54) is 0 Å². The van der Waals surface area contributed by atoms with Crippen LogP contribution in [0, 0.1) is 0 Å². The zero-order valence-corrected chi connectivity index (χ0v) is 24.7. The van der Waals surface area contributed by atoms with E-state index in [1.54, 1.807) is 27.4 Å². The van der Waals surface area contributed by atoms with Crippen molar-refractivity contribution in [2.45, 2.75) is 38.5 Å². The normalized spacial score (nSPS) is 12.6. The molecule has 220 valence electrons. The van der Waals surface area contributed by atoms with Gasteiger partial charge in [0.05, 0.1) is 26.8 Å². The van der Waals surface area contributed by atoms with Gasteiger partial charge in [-0.1, -0.05) is 36.4 Å². The quantitative estimate of drug-likeness (QED) is 0.157. The molecule has 0 bridgehead atoms. The van der Waals surface area contributed by atoms with Gasteiger partial charge in [0, 0.05) is 35.7 Å². The number of pyridine rings is 1. The fraction of sp³-hybridized carbons (Fsp3) is 0.250. The molecule has 0 unspecified atom stereocenters. The van der Waals surface area contributed by atoms with Crippen LogP contribution in [0.4, 0.5) is 0 Å². The Kier molecular flexibility index (Phi) is 8.22. The number of nitrogens with zero attached hydrogens (tertiary/aromatic N) is 1. The molecule has 1 fully saturated rings. The lowest BCUT2D eigenvalue weighted by molar-refractivity contribution is 0.256. The Bertz CT molecular complexity index is 1750. The number of benzene rings is 4. The third-order valence-electron chi connectivity index (χ3n) is 7.76. The van der Waals surface area contributed by atoms with Crippen molar-refractivity contribution in [3.05, 3.63) is 124 Å². The minimum Gasteiger partial charge on any atom is -0.497 e. The van der Waals surface area contributed by atoms with E-state index in [4.69, 9.17) is 23.7 Å². The molecule has 7 nitrogen and oxygen atoms in total. The first kappa shape index (κ1) is 28.2. The van der Waals surface area contributed by atoms with Crippen LogP contribution < -0.4 is 29.1 Å². The van der Waals surface area contributed by atoms with Crippen LogP contribution in [0.15, 0.2) is 95.8 Å². The average molecular weight is 578 g/mol. The third kappa shape index (κ3) is 6.46. The van der Waals surface area contributed by atoms with E-state index in [-0.39, 0.29) is 5.43 Å². The molecule has 43 heavy (non-hydrogen) atoms. The minimum atomic E-state index is -0.0357. The minimum absolute atomic E-state index is 0.0357. The van der Waals surface area contributed by atoms with Gasteiger partial charge in [-0.2, -0.15) is 0 Å². The van der Waals surface area contributed by atoms with Crippen LogP contribution in [-0.2, 0) is 19.6 Å². The van der Waals surface area contributed by atoms with Crippen LogP contribution in [0.5, 0.6) is 28.7 Å². The summed E-state index contributed by atoms with van der Waals surface area (Å²) in [6, 6.07) is 29.4. The number of ether oxygens (including phenoxy) is 5. The summed E-state index contributed by atoms with van der Waals surface area (Å²) in [4.78, 5) is 13.6. The fourth-order valence-corrected chi connectivity index (χ4v) is 5.24. The SMILES string of the molecule is COc1ccc(COc2cc3c(=O)cc(Cc4ccc(OC)cc4)n(C4CC4)c3cc2OCc2ccc(OC)cc2)cc1. The summed E-state index contributed by atoms with van der Waals surface area (Å²) in [5.41, 5.74) is 4.90. The lowest BCUT2D eigenvalue weighted by atomic mass is 10.1. The molecule has 7 heteroatoms. The maximum Gasteiger partial charge on any atom is 0.189 e. The highest BCUT2D eigenvalue weighted by Crippen LogP contribution is 2.41. The van der Waals surface area contributed by atoms with Crippen molar-refractivity contribution >= 4 is 10.9 Å². The van der Waals surface area contributed by atoms with Crippen LogP contribution in [-0.4, -0.2) is 25.9 Å². The molecular formula is C36H35NO6. The Morgan fingerprint density at radius 3 is 1.56 bits per heavy atom. The van der Waals surface area contributed by atoms with Gasteiger partial charge in [-0.15, -0.1) is 0 Å². The van der Waals surface area contributed by atoms with Crippen molar-refractivity contribution in [2.24, 2.45) is 0 Å². The largest absolute Gasteiger partial charge is 0.497 e. The first-order valence-corrected chi connectivity index (χ1v) is 14.4. The smallest absolute Gasteiger partial charge is 0.189 e. The van der Waals surface area contributed by atoms with Crippen LogP contribution >= 0.6 is 0 Å². The molecule has 1 heterocycles. The zero-order valence-electron chi connectivity index (χ0n) is 24.7. The third-order valence-corrected chi connectivity index (χ3v) is 7.76. The van der Waals surface area contributed by atoms with Gasteiger partial charge in [0.15, 0.2) is 16.9 Å². The molecular weight excluding hydrogens is 542 g/mol. The molecule has 0 amide bonds. The summed E-state index contributed by atoms with van der Waals surface area (Å²) >= 11 is 0. The van der Waals surface area contributed by atoms with E-state index in [2.05, 4.69) is 4.57 Å². The van der Waals surface area contributed by atoms with Crippen molar-refractivity contribution in [2.75, 3.05) is 21.3 Å². The fourth-order valence-electron chi connectivity index (χ4n) is 5.24. The highest BCUT2D eigenvalue weighted by atomic mass is 16.5. The number of hydrogen-bond acceptors (Lipinski definition) is 6. The maximum atomic E-state index is 13.6. The second kappa shape index (κ2) is 12.5. The van der Waals surface area contributed by atoms with Gasteiger partial charge < -0.3 is 28.3 Å². The molecule has 1 saturated carbocycles. The van der Waals surface area contributed by atoms with Gasteiger partial charge in [-0.05, 0) is 72.0 Å². The summed E-state index contributed by atoms with van der Waals surface area (Å²) < 4.78 is 30.9. The van der Waals surface area contributed by atoms with E-state index in [1.807, 2.05) is 84.9 Å². The first-order chi connectivity index (χ1) is 21.0. The van der Waals surface area contributed by atoms with Crippen molar-refractivity contribution in [1.82, 2.24) is 4.57 Å². The molecule has 0 aliphatic heterocycles. The molecule has 0 radical (unpaired) electrons. The topological polar surface area (TPSA) is 68.2 Å². The molecule has 4 aromatic carbocycles. The molecule has 0 spiro atoms. The van der Waals surface area contributed by atoms with Crippen molar-refractivity contribution < 1.29 is 23.7 Å². The van der Waals surface area contributed by atoms with Gasteiger partial charge in [-0.25, -0.2) is 0 Å². The Morgan fingerprint density at radius 1 is 0.628 bits per heavy atom. The van der Waals surface area contributed by atoms with E-state index < -0.39 is 0 Å². The van der Waals surface area contributed by atoms with Crippen LogP contribution in [0.1, 0.15) is 41.3 Å². The van der Waals surface area contributed by atoms with Gasteiger partial charge in [0.25, 0.3) is 0 Å². The van der Waals surface area contributed by atoms with Crippen molar-refractivity contribution in [3.63, 3.8) is 0 Å². The Morgan fingerprint density at radius 2 is 1.09 bits per heavy atom. The molecule has 1 aliphatic carbocycles. The van der Waals surface area contributed by atoms with Crippen molar-refractivity contribution in [3.8, 4) is 28.7 Å². The first-order valence-electron chi connectivity index (χ1n) is 14.4. The number of methoxy groups -OCH3 is 3. The number of fused-ring (bicyclic) bond motifs is 1. The highest BCUT2D eigenvalue weighted by molar-refractivity contribution is 5.84. The lowest BCUT2D eigenvalue weighted by Gasteiger charge is -2.20. The summed E-state index contributed by atoms with van der Waals surface area (Å²) in [6.07, 6.45) is 2.79. The second-order valence-electron chi connectivity index (χ2n) is 10.7. The molecule has 1 aromatic heterocycles. The molecule has 0 atom stereocenters. The number of rotatable bonds is 12. The average Bonchev–Trinajstić information content (AvgIpc) is 3.89. The Balaban J connectivity index is 1.38. The maximum absolute atomic E-state index is 13.6. The predicted octanol–water partition coefficient (Wildman–Crippen LogP) is 7.11. The van der Waals surface area contributed by atoms with E-state index in [9.17, 15) is 4.79 Å².